The van der Waals surface area contributed by atoms with Crippen LogP contribution in [0.1, 0.15) is 16.7 Å². The number of nitrogens with zero attached hydrogens (tertiary/aromatic N) is 1. The molecule has 2 aromatic carbocycles. The number of nitro groups is 1. The largest absolute Gasteiger partial charge is 0.454 e. The molecule has 0 atom stereocenters. The van der Waals surface area contributed by atoms with Gasteiger partial charge in [0.1, 0.15) is 5.69 Å². The van der Waals surface area contributed by atoms with E-state index in [0.717, 1.165) is 11.1 Å². The minimum atomic E-state index is -0.729. The molecule has 2 aromatic rings. The number of ether oxygens (including phenoxy) is 3. The Balaban J connectivity index is 1.56. The lowest BCUT2D eigenvalue weighted by Gasteiger charge is -2.09. The zero-order chi connectivity index (χ0) is 21.0. The number of benzene rings is 2. The van der Waals surface area contributed by atoms with Crippen LogP contribution in [-0.4, -0.2) is 30.2 Å². The summed E-state index contributed by atoms with van der Waals surface area (Å²) in [5.41, 5.74) is 2.04. The first-order valence-corrected chi connectivity index (χ1v) is 8.63. The van der Waals surface area contributed by atoms with Gasteiger partial charge in [-0.05, 0) is 54.8 Å². The van der Waals surface area contributed by atoms with Gasteiger partial charge in [0.15, 0.2) is 18.1 Å². The SMILES string of the molecule is Cc1cc(NC(=O)COC(=O)/C=C/c2ccc3c(c2)OCO3)c([N+](=O)[O-])cc1C. The number of hydrogen-bond donors (Lipinski definition) is 1. The third-order valence-electron chi connectivity index (χ3n) is 4.24. The Morgan fingerprint density at radius 2 is 1.90 bits per heavy atom. The normalized spacial score (nSPS) is 12.1. The van der Waals surface area contributed by atoms with Crippen LogP contribution >= 0.6 is 0 Å². The maximum absolute atomic E-state index is 12.0. The quantitative estimate of drug-likeness (QED) is 0.344. The number of nitro benzene ring substituents is 1. The van der Waals surface area contributed by atoms with Crippen molar-refractivity contribution in [3.05, 3.63) is 63.2 Å². The summed E-state index contributed by atoms with van der Waals surface area (Å²) in [6, 6.07) is 8.05. The first-order chi connectivity index (χ1) is 13.8. The molecule has 0 fully saturated rings. The molecule has 150 valence electrons. The minimum absolute atomic E-state index is 0.0510. The van der Waals surface area contributed by atoms with Gasteiger partial charge in [0.2, 0.25) is 6.79 Å². The second kappa shape index (κ2) is 8.42. The van der Waals surface area contributed by atoms with E-state index in [-0.39, 0.29) is 18.2 Å². The van der Waals surface area contributed by atoms with Crippen LogP contribution in [0.5, 0.6) is 11.5 Å². The molecule has 1 aliphatic heterocycles. The highest BCUT2D eigenvalue weighted by molar-refractivity contribution is 5.96. The molecular weight excluding hydrogens is 380 g/mol. The maximum Gasteiger partial charge on any atom is 0.331 e. The molecule has 0 aliphatic carbocycles. The van der Waals surface area contributed by atoms with Gasteiger partial charge in [0.05, 0.1) is 4.92 Å². The summed E-state index contributed by atoms with van der Waals surface area (Å²) < 4.78 is 15.3. The van der Waals surface area contributed by atoms with E-state index >= 15 is 0 Å². The van der Waals surface area contributed by atoms with Crippen molar-refractivity contribution in [2.24, 2.45) is 0 Å². The number of hydrogen-bond acceptors (Lipinski definition) is 7. The molecule has 1 heterocycles. The van der Waals surface area contributed by atoms with Crippen molar-refractivity contribution in [1.82, 2.24) is 0 Å². The number of fused-ring (bicyclic) bond motifs is 1. The number of rotatable bonds is 6. The van der Waals surface area contributed by atoms with Gasteiger partial charge >= 0.3 is 5.97 Å². The van der Waals surface area contributed by atoms with E-state index in [9.17, 15) is 19.7 Å². The number of esters is 1. The summed E-state index contributed by atoms with van der Waals surface area (Å²) in [5, 5.41) is 13.6. The smallest absolute Gasteiger partial charge is 0.331 e. The molecule has 0 saturated carbocycles. The van der Waals surface area contributed by atoms with Gasteiger partial charge in [-0.1, -0.05) is 6.07 Å². The van der Waals surface area contributed by atoms with Gasteiger partial charge < -0.3 is 19.5 Å². The minimum Gasteiger partial charge on any atom is -0.454 e. The summed E-state index contributed by atoms with van der Waals surface area (Å²) in [6.07, 6.45) is 2.68. The number of amides is 1. The third kappa shape index (κ3) is 4.89. The zero-order valence-corrected chi connectivity index (χ0v) is 15.8. The van der Waals surface area contributed by atoms with Crippen molar-refractivity contribution in [2.75, 3.05) is 18.7 Å². The Labute approximate surface area is 166 Å². The predicted molar refractivity (Wildman–Crippen MR) is 104 cm³/mol. The van der Waals surface area contributed by atoms with Crippen LogP contribution in [0.4, 0.5) is 11.4 Å². The number of carbonyl (C=O) groups is 2. The van der Waals surface area contributed by atoms with Gasteiger partial charge in [0.25, 0.3) is 11.6 Å². The topological polar surface area (TPSA) is 117 Å². The lowest BCUT2D eigenvalue weighted by molar-refractivity contribution is -0.384. The highest BCUT2D eigenvalue weighted by Crippen LogP contribution is 2.32. The second-order valence-corrected chi connectivity index (χ2v) is 6.31. The molecule has 1 aliphatic rings. The zero-order valence-electron chi connectivity index (χ0n) is 15.8. The standard InChI is InChI=1S/C20H18N2O7/c1-12-7-15(16(22(25)26)8-13(12)2)21-19(23)10-27-20(24)6-4-14-3-5-17-18(9-14)29-11-28-17/h3-9H,10-11H2,1-2H3,(H,21,23)/b6-4+. The van der Waals surface area contributed by atoms with Crippen molar-refractivity contribution < 1.29 is 28.7 Å². The Bertz CT molecular complexity index is 1010. The molecule has 1 N–H and O–H groups in total. The van der Waals surface area contributed by atoms with E-state index in [1.54, 1.807) is 32.0 Å². The van der Waals surface area contributed by atoms with Crippen LogP contribution in [0.2, 0.25) is 0 Å². The van der Waals surface area contributed by atoms with E-state index in [1.165, 1.54) is 24.3 Å². The summed E-state index contributed by atoms with van der Waals surface area (Å²) in [5.74, 6) is -0.203. The molecule has 0 saturated heterocycles. The summed E-state index contributed by atoms with van der Waals surface area (Å²) in [4.78, 5) is 34.4. The predicted octanol–water partition coefficient (Wildman–Crippen LogP) is 3.14. The molecule has 0 aromatic heterocycles. The Kier molecular flexibility index (Phi) is 5.77. The van der Waals surface area contributed by atoms with Crippen LogP contribution in [-0.2, 0) is 14.3 Å². The fraction of sp³-hybridized carbons (Fsp3) is 0.200. The van der Waals surface area contributed by atoms with Crippen LogP contribution in [0.25, 0.3) is 6.08 Å². The number of nitrogens with one attached hydrogen (secondary N) is 1. The van der Waals surface area contributed by atoms with Crippen molar-refractivity contribution in [3.8, 4) is 11.5 Å². The monoisotopic (exact) mass is 398 g/mol. The van der Waals surface area contributed by atoms with Crippen molar-refractivity contribution in [3.63, 3.8) is 0 Å². The molecule has 3 rings (SSSR count). The van der Waals surface area contributed by atoms with Crippen LogP contribution in [0.3, 0.4) is 0 Å². The fourth-order valence-corrected chi connectivity index (χ4v) is 2.60. The van der Waals surface area contributed by atoms with Crippen LogP contribution < -0.4 is 14.8 Å². The third-order valence-corrected chi connectivity index (χ3v) is 4.24. The van der Waals surface area contributed by atoms with Crippen LogP contribution in [0.15, 0.2) is 36.4 Å². The highest BCUT2D eigenvalue weighted by atomic mass is 16.7. The molecular formula is C20H18N2O7. The van der Waals surface area contributed by atoms with Crippen molar-refractivity contribution >= 4 is 29.3 Å². The Morgan fingerprint density at radius 1 is 1.17 bits per heavy atom. The lowest BCUT2D eigenvalue weighted by Crippen LogP contribution is -2.20. The number of carbonyl (C=O) groups excluding carboxylic acids is 2. The molecule has 0 radical (unpaired) electrons. The molecule has 9 nitrogen and oxygen atoms in total. The Morgan fingerprint density at radius 3 is 2.66 bits per heavy atom. The second-order valence-electron chi connectivity index (χ2n) is 6.31. The van der Waals surface area contributed by atoms with E-state index in [1.807, 2.05) is 0 Å². The molecule has 29 heavy (non-hydrogen) atoms. The molecule has 0 bridgehead atoms. The van der Waals surface area contributed by atoms with Crippen LogP contribution in [0, 0.1) is 24.0 Å². The molecule has 1 amide bonds. The van der Waals surface area contributed by atoms with Gasteiger partial charge in [0, 0.05) is 12.1 Å². The average Bonchev–Trinajstić information content (AvgIpc) is 3.15. The number of aryl methyl sites for hydroxylation is 2. The van der Waals surface area contributed by atoms with Gasteiger partial charge in [-0.25, -0.2) is 4.79 Å². The molecule has 0 spiro atoms. The maximum atomic E-state index is 12.0. The first-order valence-electron chi connectivity index (χ1n) is 8.63. The van der Waals surface area contributed by atoms with Crippen molar-refractivity contribution in [2.45, 2.75) is 13.8 Å². The van der Waals surface area contributed by atoms with E-state index in [0.29, 0.717) is 17.1 Å². The summed E-state index contributed by atoms with van der Waals surface area (Å²) in [6.45, 7) is 3.09. The fourth-order valence-electron chi connectivity index (χ4n) is 2.60. The highest BCUT2D eigenvalue weighted by Gasteiger charge is 2.18. The number of anilines is 1. The van der Waals surface area contributed by atoms with Gasteiger partial charge in [-0.3, -0.25) is 14.9 Å². The summed E-state index contributed by atoms with van der Waals surface area (Å²) >= 11 is 0. The average molecular weight is 398 g/mol. The van der Waals surface area contributed by atoms with E-state index < -0.39 is 23.4 Å². The summed E-state index contributed by atoms with van der Waals surface area (Å²) in [7, 11) is 0. The van der Waals surface area contributed by atoms with Gasteiger partial charge in [-0.15, -0.1) is 0 Å². The van der Waals surface area contributed by atoms with Crippen molar-refractivity contribution in [1.29, 1.82) is 0 Å². The van der Waals surface area contributed by atoms with E-state index in [4.69, 9.17) is 14.2 Å². The molecule has 0 unspecified atom stereocenters. The lowest BCUT2D eigenvalue weighted by atomic mass is 10.1. The Hall–Kier alpha value is -3.88. The van der Waals surface area contributed by atoms with Gasteiger partial charge in [-0.2, -0.15) is 0 Å². The van der Waals surface area contributed by atoms with E-state index in [2.05, 4.69) is 5.32 Å². The first kappa shape index (κ1) is 19.9. The molecule has 9 heteroatoms.